The second-order valence-electron chi connectivity index (χ2n) is 8.91. The van der Waals surface area contributed by atoms with E-state index in [9.17, 15) is 0 Å². The molecule has 0 unspecified atom stereocenters. The molecule has 5 nitrogen and oxygen atoms in total. The lowest BCUT2D eigenvalue weighted by Gasteiger charge is -2.28. The number of nitrogens with zero attached hydrogens (tertiary/aromatic N) is 3. The van der Waals surface area contributed by atoms with Gasteiger partial charge in [0.25, 0.3) is 0 Å². The van der Waals surface area contributed by atoms with Crippen LogP contribution < -0.4 is 15.0 Å². The highest BCUT2D eigenvalue weighted by atomic mass is 35.5. The van der Waals surface area contributed by atoms with Crippen LogP contribution in [0.15, 0.2) is 66.9 Å². The van der Waals surface area contributed by atoms with Crippen molar-refractivity contribution in [2.45, 2.75) is 32.9 Å². The number of halogens is 2. The van der Waals surface area contributed by atoms with E-state index in [2.05, 4.69) is 46.6 Å². The predicted molar refractivity (Wildman–Crippen MR) is 151 cm³/mol. The number of ether oxygens (including phenoxy) is 1. The Hall–Kier alpha value is -3.06. The lowest BCUT2D eigenvalue weighted by atomic mass is 9.96. The summed E-state index contributed by atoms with van der Waals surface area (Å²) in [4.78, 5) is 6.79. The highest BCUT2D eigenvalue weighted by molar-refractivity contribution is 7.80. The first kappa shape index (κ1) is 24.6. The minimum absolute atomic E-state index is 0.156. The summed E-state index contributed by atoms with van der Waals surface area (Å²) in [7, 11) is 1.61. The fourth-order valence-corrected chi connectivity index (χ4v) is 5.80. The van der Waals surface area contributed by atoms with Gasteiger partial charge >= 0.3 is 0 Å². The molecule has 0 radical (unpaired) electrons. The van der Waals surface area contributed by atoms with Gasteiger partial charge < -0.3 is 19.5 Å². The number of rotatable bonds is 5. The van der Waals surface area contributed by atoms with Crippen molar-refractivity contribution in [1.82, 2.24) is 14.9 Å². The average Bonchev–Trinajstić information content (AvgIpc) is 3.36. The number of methoxy groups -OCH3 is 1. The highest BCUT2D eigenvalue weighted by Crippen LogP contribution is 2.45. The molecule has 1 aliphatic rings. The van der Waals surface area contributed by atoms with Crippen LogP contribution in [0.5, 0.6) is 5.75 Å². The Bertz CT molecular complexity index is 1450. The largest absolute Gasteiger partial charge is 0.495 e. The standard InChI is InChI=1S/C28H26Cl2N4OS/c1-16-8-9-19(29)14-24(16)33-17(2)13-21(18(33)3)27-26(23-7-5-6-12-31-23)32-28(36)34(27)20-10-11-25(35-4)22(30)15-20/h5-15,26-27H,1-4H3,(H,32,36)/t26-,27-/m1/s1. The van der Waals surface area contributed by atoms with Gasteiger partial charge in [0.1, 0.15) is 5.75 Å². The minimum atomic E-state index is -0.158. The van der Waals surface area contributed by atoms with Gasteiger partial charge in [0.2, 0.25) is 0 Å². The van der Waals surface area contributed by atoms with Crippen LogP contribution in [-0.4, -0.2) is 21.8 Å². The van der Waals surface area contributed by atoms with Gasteiger partial charge in [0.05, 0.1) is 29.9 Å². The van der Waals surface area contributed by atoms with Gasteiger partial charge in [-0.3, -0.25) is 4.98 Å². The third-order valence-electron chi connectivity index (χ3n) is 6.71. The first-order valence-electron chi connectivity index (χ1n) is 11.6. The molecule has 184 valence electrons. The average molecular weight is 538 g/mol. The number of aromatic nitrogens is 2. The van der Waals surface area contributed by atoms with Crippen LogP contribution >= 0.6 is 35.4 Å². The van der Waals surface area contributed by atoms with E-state index in [1.807, 2.05) is 60.8 Å². The smallest absolute Gasteiger partial charge is 0.174 e. The van der Waals surface area contributed by atoms with Gasteiger partial charge in [0, 0.05) is 34.0 Å². The van der Waals surface area contributed by atoms with Crippen LogP contribution in [0.2, 0.25) is 10.0 Å². The lowest BCUT2D eigenvalue weighted by molar-refractivity contribution is 0.415. The third kappa shape index (κ3) is 4.23. The number of pyridine rings is 1. The lowest BCUT2D eigenvalue weighted by Crippen LogP contribution is -2.29. The Morgan fingerprint density at radius 2 is 1.81 bits per heavy atom. The highest BCUT2D eigenvalue weighted by Gasteiger charge is 2.42. The Balaban J connectivity index is 1.70. The fourth-order valence-electron chi connectivity index (χ4n) is 5.04. The number of anilines is 1. The molecular weight excluding hydrogens is 511 g/mol. The van der Waals surface area contributed by atoms with Crippen molar-refractivity contribution in [3.05, 3.63) is 105 Å². The quantitative estimate of drug-likeness (QED) is 0.271. The van der Waals surface area contributed by atoms with Crippen molar-refractivity contribution in [1.29, 1.82) is 0 Å². The zero-order valence-corrected chi connectivity index (χ0v) is 22.7. The zero-order valence-electron chi connectivity index (χ0n) is 20.4. The molecule has 2 aromatic heterocycles. The maximum Gasteiger partial charge on any atom is 0.174 e. The molecule has 4 aromatic rings. The van der Waals surface area contributed by atoms with Crippen molar-refractivity contribution in [3.63, 3.8) is 0 Å². The van der Waals surface area contributed by atoms with Crippen LogP contribution in [-0.2, 0) is 0 Å². The molecule has 8 heteroatoms. The molecule has 2 atom stereocenters. The SMILES string of the molecule is COc1ccc(N2C(=S)N[C@H](c3ccccn3)[C@H]2c2cc(C)n(-c3cc(Cl)ccc3C)c2C)cc1Cl. The molecule has 2 aromatic carbocycles. The molecular formula is C28H26Cl2N4OS. The molecule has 0 spiro atoms. The molecule has 1 saturated heterocycles. The van der Waals surface area contributed by atoms with E-state index in [1.165, 1.54) is 0 Å². The Kier molecular flexibility index (Phi) is 6.68. The number of hydrogen-bond donors (Lipinski definition) is 1. The molecule has 36 heavy (non-hydrogen) atoms. The topological polar surface area (TPSA) is 42.3 Å². The van der Waals surface area contributed by atoms with Gasteiger partial charge in [0.15, 0.2) is 5.11 Å². The molecule has 3 heterocycles. The summed E-state index contributed by atoms with van der Waals surface area (Å²) < 4.78 is 7.63. The summed E-state index contributed by atoms with van der Waals surface area (Å²) in [5, 5.41) is 5.36. The first-order valence-corrected chi connectivity index (χ1v) is 12.8. The van der Waals surface area contributed by atoms with E-state index >= 15 is 0 Å². The second kappa shape index (κ2) is 9.77. The van der Waals surface area contributed by atoms with E-state index in [0.717, 1.165) is 39.6 Å². The summed E-state index contributed by atoms with van der Waals surface area (Å²) in [6.07, 6.45) is 1.81. The van der Waals surface area contributed by atoms with Crippen LogP contribution in [0.1, 0.15) is 40.3 Å². The molecule has 0 amide bonds. The maximum absolute atomic E-state index is 6.53. The summed E-state index contributed by atoms with van der Waals surface area (Å²) in [6, 6.07) is 19.6. The molecule has 0 aliphatic carbocycles. The predicted octanol–water partition coefficient (Wildman–Crippen LogP) is 7.29. The van der Waals surface area contributed by atoms with Crippen LogP contribution in [0, 0.1) is 20.8 Å². The monoisotopic (exact) mass is 536 g/mol. The van der Waals surface area contributed by atoms with E-state index in [1.54, 1.807) is 7.11 Å². The number of benzene rings is 2. The van der Waals surface area contributed by atoms with Gasteiger partial charge in [-0.15, -0.1) is 0 Å². The Morgan fingerprint density at radius 3 is 2.50 bits per heavy atom. The maximum atomic E-state index is 6.53. The van der Waals surface area contributed by atoms with Crippen molar-refractivity contribution in [2.75, 3.05) is 12.0 Å². The normalized spacial score (nSPS) is 17.4. The fraction of sp³-hybridized carbons (Fsp3) is 0.214. The molecule has 0 saturated carbocycles. The number of hydrogen-bond acceptors (Lipinski definition) is 3. The summed E-state index contributed by atoms with van der Waals surface area (Å²) >= 11 is 18.8. The third-order valence-corrected chi connectivity index (χ3v) is 7.56. The number of thiocarbonyl (C=S) groups is 1. The first-order chi connectivity index (χ1) is 17.3. The Labute approximate surface area is 226 Å². The van der Waals surface area contributed by atoms with E-state index in [0.29, 0.717) is 20.9 Å². The number of aryl methyl sites for hydroxylation is 2. The van der Waals surface area contributed by atoms with Crippen LogP contribution in [0.25, 0.3) is 5.69 Å². The summed E-state index contributed by atoms with van der Waals surface area (Å²) in [5.74, 6) is 0.617. The van der Waals surface area contributed by atoms with E-state index in [-0.39, 0.29) is 12.1 Å². The molecule has 1 N–H and O–H groups in total. The van der Waals surface area contributed by atoms with Crippen molar-refractivity contribution < 1.29 is 4.74 Å². The molecule has 1 aliphatic heterocycles. The summed E-state index contributed by atoms with van der Waals surface area (Å²) in [6.45, 7) is 6.35. The van der Waals surface area contributed by atoms with Crippen LogP contribution in [0.3, 0.4) is 0 Å². The minimum Gasteiger partial charge on any atom is -0.495 e. The van der Waals surface area contributed by atoms with Crippen molar-refractivity contribution in [2.24, 2.45) is 0 Å². The number of nitrogens with one attached hydrogen (secondary N) is 1. The van der Waals surface area contributed by atoms with Gasteiger partial charge in [-0.25, -0.2) is 0 Å². The van der Waals surface area contributed by atoms with Gasteiger partial charge in [-0.05, 0) is 92.6 Å². The second-order valence-corrected chi connectivity index (χ2v) is 10.1. The Morgan fingerprint density at radius 1 is 1.00 bits per heavy atom. The van der Waals surface area contributed by atoms with Crippen LogP contribution in [0.4, 0.5) is 5.69 Å². The molecule has 5 rings (SSSR count). The summed E-state index contributed by atoms with van der Waals surface area (Å²) in [5.41, 5.74) is 7.36. The molecule has 1 fully saturated rings. The van der Waals surface area contributed by atoms with Crippen molar-refractivity contribution in [3.8, 4) is 11.4 Å². The van der Waals surface area contributed by atoms with E-state index in [4.69, 9.17) is 40.2 Å². The molecule has 0 bridgehead atoms. The van der Waals surface area contributed by atoms with Gasteiger partial charge in [-0.1, -0.05) is 35.3 Å². The van der Waals surface area contributed by atoms with Crippen molar-refractivity contribution >= 4 is 46.2 Å². The van der Waals surface area contributed by atoms with Gasteiger partial charge in [-0.2, -0.15) is 0 Å². The zero-order chi connectivity index (χ0) is 25.6. The van der Waals surface area contributed by atoms with E-state index < -0.39 is 0 Å².